The van der Waals surface area contributed by atoms with E-state index in [0.717, 1.165) is 0 Å². The number of hydrogen-bond acceptors (Lipinski definition) is 3. The second-order valence-electron chi connectivity index (χ2n) is 2.52. The summed E-state index contributed by atoms with van der Waals surface area (Å²) in [6, 6.07) is 0. The second-order valence-corrected chi connectivity index (χ2v) is 24.5. The summed E-state index contributed by atoms with van der Waals surface area (Å²) in [6.07, 6.45) is 0. The Balaban J connectivity index is 4.51. The van der Waals surface area contributed by atoms with Gasteiger partial charge in [-0.05, 0) is 0 Å². The fourth-order valence-electron chi connectivity index (χ4n) is 0.877. The molecule has 0 aromatic rings. The van der Waals surface area contributed by atoms with Crippen molar-refractivity contribution in [3.8, 4) is 0 Å². The summed E-state index contributed by atoms with van der Waals surface area (Å²) in [5.74, 6) is 0. The third kappa shape index (κ3) is 4.69. The summed E-state index contributed by atoms with van der Waals surface area (Å²) in [7, 11) is 21.5. The van der Waals surface area contributed by atoms with Gasteiger partial charge in [-0.25, -0.2) is 0 Å². The molecule has 0 aliphatic carbocycles. The van der Waals surface area contributed by atoms with E-state index in [1.807, 2.05) is 6.92 Å². The summed E-state index contributed by atoms with van der Waals surface area (Å²) >= 11 is -4.30. The summed E-state index contributed by atoms with van der Waals surface area (Å²) in [4.78, 5) is 0. The molecule has 1 unspecified atom stereocenters. The zero-order chi connectivity index (χ0) is 10.6. The molecular formula is C6H15Cl3NNbO2. The van der Waals surface area contributed by atoms with Gasteiger partial charge in [0.2, 0.25) is 0 Å². The van der Waals surface area contributed by atoms with E-state index in [2.05, 4.69) is 3.72 Å². The van der Waals surface area contributed by atoms with Crippen LogP contribution in [0.25, 0.3) is 0 Å². The van der Waals surface area contributed by atoms with E-state index in [1.165, 1.54) is 7.11 Å². The minimum atomic E-state index is -4.30. The summed E-state index contributed by atoms with van der Waals surface area (Å²) in [5, 5.41) is 0. The first-order valence-electron chi connectivity index (χ1n) is 3.80. The Hall–Kier alpha value is 1.49. The molecule has 0 rings (SSSR count). The second kappa shape index (κ2) is 5.54. The topological polar surface area (TPSA) is 30.5 Å². The molecule has 0 aromatic heterocycles. The fourth-order valence-corrected chi connectivity index (χ4v) is 9.06. The van der Waals surface area contributed by atoms with Crippen LogP contribution in [0.5, 0.6) is 0 Å². The van der Waals surface area contributed by atoms with E-state index < -0.39 is 17.2 Å². The zero-order valence-corrected chi connectivity index (χ0v) is 12.4. The van der Waals surface area contributed by atoms with Gasteiger partial charge in [-0.2, -0.15) is 0 Å². The Labute approximate surface area is 91.7 Å². The number of nitrogens with one attached hydrogen (secondary N) is 1. The number of rotatable bonds is 6. The molecule has 1 N–H and O–H groups in total. The molecule has 0 bridgehead atoms. The fraction of sp³-hybridized carbons (Fsp3) is 1.00. The standard InChI is InChI=1S/C4H9O2.C2H6N.3ClH.Nb/c1-5-3-4-6-2;1-2-3;;;;/h3H,4H2,1-2H3;3H,2H2,1H3;3*1H;/q;-1;;;;+4/p-3. The van der Waals surface area contributed by atoms with Crippen LogP contribution < -0.4 is 3.72 Å². The van der Waals surface area contributed by atoms with Crippen molar-refractivity contribution in [2.75, 3.05) is 27.4 Å². The third-order valence-corrected chi connectivity index (χ3v) is 12.8. The predicted octanol–water partition coefficient (Wildman–Crippen LogP) is 2.28. The summed E-state index contributed by atoms with van der Waals surface area (Å²) in [6.45, 7) is 2.79. The van der Waals surface area contributed by atoms with Crippen LogP contribution in [0.3, 0.4) is 0 Å². The van der Waals surface area contributed by atoms with Gasteiger partial charge in [-0.1, -0.05) is 0 Å². The van der Waals surface area contributed by atoms with Crippen molar-refractivity contribution in [3.05, 3.63) is 0 Å². The molecule has 82 valence electrons. The van der Waals surface area contributed by atoms with Gasteiger partial charge in [-0.15, -0.1) is 0 Å². The van der Waals surface area contributed by atoms with Crippen molar-refractivity contribution in [2.24, 2.45) is 0 Å². The van der Waals surface area contributed by atoms with Crippen LogP contribution in [0, 0.1) is 0 Å². The molecule has 0 radical (unpaired) electrons. The van der Waals surface area contributed by atoms with Gasteiger partial charge in [0.1, 0.15) is 0 Å². The SMILES string of the molecule is CC[NH][Nb]([Cl])([Cl])([Cl])[CH](COC)OC. The molecule has 0 saturated carbocycles. The van der Waals surface area contributed by atoms with Crippen molar-refractivity contribution in [1.29, 1.82) is 0 Å². The average molecular weight is 332 g/mol. The number of halogens is 3. The van der Waals surface area contributed by atoms with E-state index in [9.17, 15) is 0 Å². The molecule has 0 saturated heterocycles. The first kappa shape index (κ1) is 14.5. The van der Waals surface area contributed by atoms with Crippen LogP contribution >= 0.6 is 27.6 Å². The molecule has 3 nitrogen and oxygen atoms in total. The maximum absolute atomic E-state index is 6.15. The Morgan fingerprint density at radius 2 is 1.85 bits per heavy atom. The van der Waals surface area contributed by atoms with Crippen LogP contribution in [-0.4, -0.2) is 31.7 Å². The van der Waals surface area contributed by atoms with E-state index >= 15 is 0 Å². The van der Waals surface area contributed by atoms with E-state index in [1.54, 1.807) is 7.11 Å². The monoisotopic (exact) mass is 331 g/mol. The van der Waals surface area contributed by atoms with Crippen LogP contribution in [0.15, 0.2) is 0 Å². The van der Waals surface area contributed by atoms with Crippen molar-refractivity contribution in [3.63, 3.8) is 0 Å². The Bertz CT molecular complexity index is 162. The van der Waals surface area contributed by atoms with Crippen molar-refractivity contribution >= 4 is 27.6 Å². The number of hydrogen-bond donors (Lipinski definition) is 1. The third-order valence-electron chi connectivity index (χ3n) is 1.48. The van der Waals surface area contributed by atoms with E-state index in [-0.39, 0.29) is 0 Å². The van der Waals surface area contributed by atoms with E-state index in [4.69, 9.17) is 37.0 Å². The van der Waals surface area contributed by atoms with E-state index in [0.29, 0.717) is 13.2 Å². The molecule has 0 aromatic carbocycles. The van der Waals surface area contributed by atoms with Gasteiger partial charge in [-0.3, -0.25) is 0 Å². The maximum atomic E-state index is 6.15. The van der Waals surface area contributed by atoms with Crippen LogP contribution in [0.4, 0.5) is 0 Å². The van der Waals surface area contributed by atoms with Gasteiger partial charge >= 0.3 is 92.2 Å². The first-order valence-corrected chi connectivity index (χ1v) is 14.7. The van der Waals surface area contributed by atoms with Crippen molar-refractivity contribution in [1.82, 2.24) is 3.72 Å². The molecule has 0 amide bonds. The summed E-state index contributed by atoms with van der Waals surface area (Å²) < 4.78 is 12.5. The Morgan fingerprint density at radius 3 is 2.15 bits per heavy atom. The van der Waals surface area contributed by atoms with Gasteiger partial charge < -0.3 is 0 Å². The Kier molecular flexibility index (Phi) is 6.18. The molecular weight excluding hydrogens is 317 g/mol. The molecule has 0 aliphatic rings. The summed E-state index contributed by atoms with van der Waals surface area (Å²) in [5.41, 5.74) is 0. The Morgan fingerprint density at radius 1 is 1.31 bits per heavy atom. The number of methoxy groups -OCH3 is 2. The molecule has 13 heavy (non-hydrogen) atoms. The van der Waals surface area contributed by atoms with Crippen LogP contribution in [-0.2, 0) is 22.3 Å². The van der Waals surface area contributed by atoms with Gasteiger partial charge in [0.15, 0.2) is 0 Å². The first-order chi connectivity index (χ1) is 5.85. The number of ether oxygens (including phenoxy) is 2. The molecule has 0 fully saturated rings. The van der Waals surface area contributed by atoms with Gasteiger partial charge in [0, 0.05) is 0 Å². The molecule has 0 spiro atoms. The molecule has 7 heteroatoms. The normalized spacial score (nSPS) is 17.8. The quantitative estimate of drug-likeness (QED) is 0.757. The molecule has 0 aliphatic heterocycles. The average Bonchev–Trinajstić information content (AvgIpc) is 1.98. The minimum absolute atomic E-state index is 0.293. The predicted molar refractivity (Wildman–Crippen MR) is 53.9 cm³/mol. The van der Waals surface area contributed by atoms with Crippen molar-refractivity contribution in [2.45, 2.75) is 11.2 Å². The molecule has 1 atom stereocenters. The van der Waals surface area contributed by atoms with Crippen LogP contribution in [0.1, 0.15) is 6.92 Å². The van der Waals surface area contributed by atoms with Gasteiger partial charge in [0.05, 0.1) is 0 Å². The van der Waals surface area contributed by atoms with Crippen molar-refractivity contribution < 1.29 is 22.3 Å². The molecule has 0 heterocycles. The zero-order valence-electron chi connectivity index (χ0n) is 7.89. The van der Waals surface area contributed by atoms with Gasteiger partial charge in [0.25, 0.3) is 0 Å². The van der Waals surface area contributed by atoms with Crippen LogP contribution in [0.2, 0.25) is 0 Å².